The van der Waals surface area contributed by atoms with Gasteiger partial charge in [0.2, 0.25) is 0 Å². The lowest BCUT2D eigenvalue weighted by molar-refractivity contribution is -0.152. The standard InChI is InChI=1S/C38H74O4/c1-7-11-27-34(9-3)31-41-37(39)30-26-24-22-20-18-16-14-13-15-17-19-21-23-25-29-36(33(5)6)38(40)42-32-35(10-4)28-12-8-2/h33-36H,7-32H2,1-6H3. The Morgan fingerprint density at radius 3 is 1.31 bits per heavy atom. The maximum atomic E-state index is 12.7. The molecule has 250 valence electrons. The summed E-state index contributed by atoms with van der Waals surface area (Å²) in [6, 6.07) is 0. The molecule has 0 aromatic carbocycles. The lowest BCUT2D eigenvalue weighted by Gasteiger charge is -2.21. The second-order valence-corrected chi connectivity index (χ2v) is 13.5. The van der Waals surface area contributed by atoms with Crippen LogP contribution in [0.25, 0.3) is 0 Å². The number of hydrogen-bond donors (Lipinski definition) is 0. The molecule has 0 amide bonds. The second-order valence-electron chi connectivity index (χ2n) is 13.5. The van der Waals surface area contributed by atoms with E-state index in [0.29, 0.717) is 37.4 Å². The highest BCUT2D eigenvalue weighted by Crippen LogP contribution is 2.23. The molecule has 0 fully saturated rings. The maximum absolute atomic E-state index is 12.7. The number of ether oxygens (including phenoxy) is 2. The van der Waals surface area contributed by atoms with Gasteiger partial charge in [0.05, 0.1) is 19.1 Å². The molecule has 0 N–H and O–H groups in total. The van der Waals surface area contributed by atoms with E-state index in [-0.39, 0.29) is 17.9 Å². The van der Waals surface area contributed by atoms with Gasteiger partial charge in [0.1, 0.15) is 0 Å². The Balaban J connectivity index is 3.62. The summed E-state index contributed by atoms with van der Waals surface area (Å²) >= 11 is 0. The van der Waals surface area contributed by atoms with Gasteiger partial charge in [-0.3, -0.25) is 9.59 Å². The Morgan fingerprint density at radius 2 is 0.905 bits per heavy atom. The number of esters is 2. The van der Waals surface area contributed by atoms with Crippen LogP contribution in [0.1, 0.15) is 196 Å². The molecule has 0 spiro atoms. The molecule has 0 aliphatic carbocycles. The molecule has 42 heavy (non-hydrogen) atoms. The average Bonchev–Trinajstić information content (AvgIpc) is 2.98. The van der Waals surface area contributed by atoms with E-state index in [1.807, 2.05) is 0 Å². The predicted molar refractivity (Wildman–Crippen MR) is 181 cm³/mol. The largest absolute Gasteiger partial charge is 0.465 e. The van der Waals surface area contributed by atoms with Gasteiger partial charge in [-0.1, -0.05) is 164 Å². The molecule has 0 heterocycles. The van der Waals surface area contributed by atoms with Crippen LogP contribution in [-0.2, 0) is 19.1 Å². The topological polar surface area (TPSA) is 52.6 Å². The summed E-state index contributed by atoms with van der Waals surface area (Å²) in [5.41, 5.74) is 0. The Morgan fingerprint density at radius 1 is 0.500 bits per heavy atom. The van der Waals surface area contributed by atoms with Gasteiger partial charge in [0.15, 0.2) is 0 Å². The van der Waals surface area contributed by atoms with E-state index >= 15 is 0 Å². The van der Waals surface area contributed by atoms with E-state index in [4.69, 9.17) is 9.47 Å². The number of carbonyl (C=O) groups excluding carboxylic acids is 2. The fourth-order valence-corrected chi connectivity index (χ4v) is 5.86. The van der Waals surface area contributed by atoms with Crippen LogP contribution in [0.3, 0.4) is 0 Å². The first-order valence-electron chi connectivity index (χ1n) is 18.7. The van der Waals surface area contributed by atoms with E-state index in [2.05, 4.69) is 41.5 Å². The Hall–Kier alpha value is -1.06. The monoisotopic (exact) mass is 595 g/mol. The van der Waals surface area contributed by atoms with Crippen molar-refractivity contribution in [2.75, 3.05) is 13.2 Å². The summed E-state index contributed by atoms with van der Waals surface area (Å²) < 4.78 is 11.3. The van der Waals surface area contributed by atoms with Crippen molar-refractivity contribution in [3.05, 3.63) is 0 Å². The van der Waals surface area contributed by atoms with Crippen LogP contribution < -0.4 is 0 Å². The van der Waals surface area contributed by atoms with Crippen LogP contribution in [0.4, 0.5) is 0 Å². The molecule has 0 aliphatic heterocycles. The lowest BCUT2D eigenvalue weighted by Crippen LogP contribution is -2.25. The van der Waals surface area contributed by atoms with Gasteiger partial charge < -0.3 is 9.47 Å². The molecular weight excluding hydrogens is 520 g/mol. The molecule has 3 atom stereocenters. The Kier molecular flexibility index (Phi) is 29.2. The zero-order valence-electron chi connectivity index (χ0n) is 29.3. The van der Waals surface area contributed by atoms with E-state index in [1.54, 1.807) is 0 Å². The molecule has 0 radical (unpaired) electrons. The van der Waals surface area contributed by atoms with Gasteiger partial charge in [-0.2, -0.15) is 0 Å². The normalized spacial score (nSPS) is 13.7. The van der Waals surface area contributed by atoms with E-state index < -0.39 is 0 Å². The fourth-order valence-electron chi connectivity index (χ4n) is 5.86. The number of rotatable bonds is 31. The first-order valence-corrected chi connectivity index (χ1v) is 18.7. The molecule has 0 aliphatic rings. The van der Waals surface area contributed by atoms with Crippen LogP contribution in [0, 0.1) is 23.7 Å². The smallest absolute Gasteiger partial charge is 0.309 e. The number of unbranched alkanes of at least 4 members (excludes halogenated alkanes) is 15. The summed E-state index contributed by atoms with van der Waals surface area (Å²) in [5.74, 6) is 1.52. The van der Waals surface area contributed by atoms with Crippen LogP contribution in [0.2, 0.25) is 0 Å². The molecule has 4 nitrogen and oxygen atoms in total. The molecular formula is C38H74O4. The van der Waals surface area contributed by atoms with Crippen LogP contribution in [-0.4, -0.2) is 25.2 Å². The summed E-state index contributed by atoms with van der Waals surface area (Å²) in [5, 5.41) is 0. The average molecular weight is 595 g/mol. The maximum Gasteiger partial charge on any atom is 0.309 e. The van der Waals surface area contributed by atoms with Crippen molar-refractivity contribution >= 4 is 11.9 Å². The van der Waals surface area contributed by atoms with E-state index in [9.17, 15) is 9.59 Å². The van der Waals surface area contributed by atoms with Gasteiger partial charge >= 0.3 is 11.9 Å². The van der Waals surface area contributed by atoms with Crippen molar-refractivity contribution in [1.29, 1.82) is 0 Å². The second kappa shape index (κ2) is 30.0. The molecule has 0 saturated carbocycles. The van der Waals surface area contributed by atoms with Gasteiger partial charge in [-0.25, -0.2) is 0 Å². The summed E-state index contributed by atoms with van der Waals surface area (Å²) in [4.78, 5) is 24.7. The summed E-state index contributed by atoms with van der Waals surface area (Å²) in [7, 11) is 0. The first-order chi connectivity index (χ1) is 20.4. The lowest BCUT2D eigenvalue weighted by atomic mass is 9.90. The van der Waals surface area contributed by atoms with Crippen molar-refractivity contribution in [3.63, 3.8) is 0 Å². The molecule has 0 aromatic rings. The third-order valence-corrected chi connectivity index (χ3v) is 9.28. The third kappa shape index (κ3) is 24.4. The molecule has 0 rings (SSSR count). The quantitative estimate of drug-likeness (QED) is 0.0591. The highest BCUT2D eigenvalue weighted by molar-refractivity contribution is 5.72. The minimum Gasteiger partial charge on any atom is -0.465 e. The highest BCUT2D eigenvalue weighted by Gasteiger charge is 2.24. The summed E-state index contributed by atoms with van der Waals surface area (Å²) in [6.45, 7) is 14.4. The highest BCUT2D eigenvalue weighted by atomic mass is 16.5. The van der Waals surface area contributed by atoms with Crippen molar-refractivity contribution in [2.45, 2.75) is 196 Å². The van der Waals surface area contributed by atoms with Crippen molar-refractivity contribution in [3.8, 4) is 0 Å². The third-order valence-electron chi connectivity index (χ3n) is 9.28. The molecule has 0 saturated heterocycles. The molecule has 3 unspecified atom stereocenters. The van der Waals surface area contributed by atoms with Gasteiger partial charge in [-0.15, -0.1) is 0 Å². The molecule has 0 bridgehead atoms. The minimum atomic E-state index is 0.00277. The van der Waals surface area contributed by atoms with Crippen LogP contribution >= 0.6 is 0 Å². The van der Waals surface area contributed by atoms with Crippen molar-refractivity contribution in [2.24, 2.45) is 23.7 Å². The SMILES string of the molecule is CCCCC(CC)COC(=O)CCCCCCCCCCCCCCCCC(C(=O)OCC(CC)CCCC)C(C)C. The zero-order valence-corrected chi connectivity index (χ0v) is 29.3. The van der Waals surface area contributed by atoms with Gasteiger partial charge in [-0.05, 0) is 43.4 Å². The fraction of sp³-hybridized carbons (Fsp3) is 0.947. The van der Waals surface area contributed by atoms with Gasteiger partial charge in [0.25, 0.3) is 0 Å². The number of carbonyl (C=O) groups is 2. The predicted octanol–water partition coefficient (Wildman–Crippen LogP) is 12.0. The Bertz CT molecular complexity index is 602. The molecule has 4 heteroatoms. The van der Waals surface area contributed by atoms with Gasteiger partial charge in [0, 0.05) is 6.42 Å². The van der Waals surface area contributed by atoms with Crippen molar-refractivity contribution in [1.82, 2.24) is 0 Å². The Labute approximate surface area is 263 Å². The minimum absolute atomic E-state index is 0.00277. The van der Waals surface area contributed by atoms with E-state index in [1.165, 1.54) is 109 Å². The first kappa shape index (κ1) is 40.9. The molecule has 0 aromatic heterocycles. The zero-order chi connectivity index (χ0) is 31.3. The van der Waals surface area contributed by atoms with Crippen LogP contribution in [0.5, 0.6) is 0 Å². The van der Waals surface area contributed by atoms with Crippen molar-refractivity contribution < 1.29 is 19.1 Å². The van der Waals surface area contributed by atoms with E-state index in [0.717, 1.165) is 38.5 Å². The van der Waals surface area contributed by atoms with Crippen LogP contribution in [0.15, 0.2) is 0 Å². The number of hydrogen-bond acceptors (Lipinski definition) is 4. The summed E-state index contributed by atoms with van der Waals surface area (Å²) in [6.07, 6.45) is 28.8.